The third-order valence-electron chi connectivity index (χ3n) is 6.60. The van der Waals surface area contributed by atoms with E-state index in [1.54, 1.807) is 6.92 Å². The highest BCUT2D eigenvalue weighted by atomic mass is 19.3. The molecule has 1 aliphatic rings. The van der Waals surface area contributed by atoms with Crippen LogP contribution in [0.3, 0.4) is 0 Å². The Morgan fingerprint density at radius 3 is 2.56 bits per heavy atom. The van der Waals surface area contributed by atoms with Crippen molar-refractivity contribution in [3.8, 4) is 11.1 Å². The molecule has 0 radical (unpaired) electrons. The summed E-state index contributed by atoms with van der Waals surface area (Å²) in [5, 5.41) is 4.54. The maximum absolute atomic E-state index is 13.2. The smallest absolute Gasteiger partial charge is 0.280 e. The Balaban J connectivity index is 1.55. The fraction of sp³-hybridized carbons (Fsp3) is 0.308. The van der Waals surface area contributed by atoms with Gasteiger partial charge in [0.1, 0.15) is 5.69 Å². The van der Waals surface area contributed by atoms with Crippen molar-refractivity contribution in [2.24, 2.45) is 0 Å². The number of pyridine rings is 1. The molecule has 34 heavy (non-hydrogen) atoms. The van der Waals surface area contributed by atoms with Gasteiger partial charge < -0.3 is 4.90 Å². The van der Waals surface area contributed by atoms with Crippen molar-refractivity contribution in [1.29, 1.82) is 0 Å². The fourth-order valence-electron chi connectivity index (χ4n) is 4.64. The molecule has 1 aliphatic heterocycles. The first-order valence-corrected chi connectivity index (χ1v) is 11.2. The van der Waals surface area contributed by atoms with Crippen LogP contribution in [0.1, 0.15) is 45.6 Å². The third-order valence-corrected chi connectivity index (χ3v) is 6.60. The Morgan fingerprint density at radius 2 is 1.82 bits per heavy atom. The molecule has 4 heterocycles. The number of halogens is 2. The molecule has 0 saturated carbocycles. The zero-order valence-corrected chi connectivity index (χ0v) is 19.6. The molecule has 0 N–H and O–H groups in total. The first-order valence-electron chi connectivity index (χ1n) is 11.2. The molecule has 5 rings (SSSR count). The predicted molar refractivity (Wildman–Crippen MR) is 128 cm³/mol. The largest absolute Gasteiger partial charge is 0.350 e. The van der Waals surface area contributed by atoms with Crippen LogP contribution in [0.5, 0.6) is 0 Å². The summed E-state index contributed by atoms with van der Waals surface area (Å²) >= 11 is 0. The summed E-state index contributed by atoms with van der Waals surface area (Å²) in [6, 6.07) is 9.43. The quantitative estimate of drug-likeness (QED) is 0.435. The third kappa shape index (κ3) is 3.73. The molecule has 0 unspecified atom stereocenters. The van der Waals surface area contributed by atoms with Crippen molar-refractivity contribution in [1.82, 2.24) is 19.6 Å². The Labute approximate surface area is 195 Å². The molecular formula is C26H25F2N5O. The van der Waals surface area contributed by atoms with Gasteiger partial charge in [-0.3, -0.25) is 9.78 Å². The molecule has 0 aliphatic carbocycles. The molecule has 4 aromatic rings. The van der Waals surface area contributed by atoms with Gasteiger partial charge in [0.2, 0.25) is 0 Å². The monoisotopic (exact) mass is 461 g/mol. The van der Waals surface area contributed by atoms with Gasteiger partial charge >= 0.3 is 0 Å². The molecule has 0 bridgehead atoms. The molecule has 6 nitrogen and oxygen atoms in total. The first kappa shape index (κ1) is 22.1. The van der Waals surface area contributed by atoms with Gasteiger partial charge in [-0.25, -0.2) is 13.8 Å². The lowest BCUT2D eigenvalue weighted by atomic mass is 9.96. The number of rotatable bonds is 3. The number of hydrogen-bond acceptors (Lipinski definition) is 5. The van der Waals surface area contributed by atoms with Crippen LogP contribution in [0, 0.1) is 27.7 Å². The SMILES string of the molecule is Cc1ccc(-c2cnc3c(c2)CN(c2nn4c(=O)cc(C(F)F)nc4c(C)c2C)CC3)c(C)c1. The summed E-state index contributed by atoms with van der Waals surface area (Å²) in [4.78, 5) is 23.4. The number of hydrogen-bond donors (Lipinski definition) is 0. The number of aryl methyl sites for hydroxylation is 3. The highest BCUT2D eigenvalue weighted by Crippen LogP contribution is 2.31. The van der Waals surface area contributed by atoms with Gasteiger partial charge in [0, 0.05) is 54.2 Å². The topological polar surface area (TPSA) is 63.4 Å². The summed E-state index contributed by atoms with van der Waals surface area (Å²) < 4.78 is 27.5. The summed E-state index contributed by atoms with van der Waals surface area (Å²) in [7, 11) is 0. The molecule has 3 aromatic heterocycles. The van der Waals surface area contributed by atoms with Gasteiger partial charge in [-0.1, -0.05) is 23.8 Å². The van der Waals surface area contributed by atoms with Crippen LogP contribution in [0.15, 0.2) is 41.3 Å². The number of anilines is 1. The predicted octanol–water partition coefficient (Wildman–Crippen LogP) is 4.89. The van der Waals surface area contributed by atoms with Gasteiger partial charge in [-0.15, -0.1) is 5.10 Å². The van der Waals surface area contributed by atoms with Crippen LogP contribution in [0.25, 0.3) is 16.8 Å². The minimum Gasteiger partial charge on any atom is -0.350 e. The number of fused-ring (bicyclic) bond motifs is 2. The Hall–Kier alpha value is -3.68. The van der Waals surface area contributed by atoms with E-state index >= 15 is 0 Å². The highest BCUT2D eigenvalue weighted by molar-refractivity contribution is 5.68. The minimum absolute atomic E-state index is 0.167. The fourth-order valence-corrected chi connectivity index (χ4v) is 4.64. The molecule has 174 valence electrons. The van der Waals surface area contributed by atoms with Crippen molar-refractivity contribution in [3.63, 3.8) is 0 Å². The average molecular weight is 462 g/mol. The second kappa shape index (κ2) is 8.27. The van der Waals surface area contributed by atoms with E-state index in [2.05, 4.69) is 53.1 Å². The van der Waals surface area contributed by atoms with E-state index in [9.17, 15) is 13.6 Å². The molecular weight excluding hydrogens is 436 g/mol. The van der Waals surface area contributed by atoms with E-state index in [0.717, 1.165) is 45.0 Å². The molecule has 0 fully saturated rings. The van der Waals surface area contributed by atoms with Crippen molar-refractivity contribution >= 4 is 11.5 Å². The van der Waals surface area contributed by atoms with Crippen molar-refractivity contribution < 1.29 is 8.78 Å². The summed E-state index contributed by atoms with van der Waals surface area (Å²) in [5.41, 5.74) is 7.32. The number of benzene rings is 1. The highest BCUT2D eigenvalue weighted by Gasteiger charge is 2.24. The molecule has 1 aromatic carbocycles. The zero-order valence-electron chi connectivity index (χ0n) is 19.6. The van der Waals surface area contributed by atoms with E-state index < -0.39 is 17.7 Å². The number of aromatic nitrogens is 4. The van der Waals surface area contributed by atoms with Gasteiger partial charge in [-0.2, -0.15) is 4.52 Å². The summed E-state index contributed by atoms with van der Waals surface area (Å²) in [6.07, 6.45) is -0.130. The second-order valence-electron chi connectivity index (χ2n) is 8.95. The molecule has 0 saturated heterocycles. The molecule has 0 spiro atoms. The van der Waals surface area contributed by atoms with E-state index in [-0.39, 0.29) is 5.65 Å². The van der Waals surface area contributed by atoms with Gasteiger partial charge in [0.25, 0.3) is 12.0 Å². The standard InChI is InChI=1S/C26H25F2N5O/c1-14-5-6-20(15(2)9-14)18-10-19-13-32(8-7-21(19)29-12-18)26-17(4)16(3)25-30-22(24(27)28)11-23(34)33(25)31-26/h5-6,9-12,24H,7-8,13H2,1-4H3. The van der Waals surface area contributed by atoms with E-state index in [1.165, 1.54) is 11.1 Å². The van der Waals surface area contributed by atoms with Crippen molar-refractivity contribution in [2.45, 2.75) is 47.1 Å². The lowest BCUT2D eigenvalue weighted by molar-refractivity contribution is 0.146. The average Bonchev–Trinajstić information content (AvgIpc) is 2.80. The van der Waals surface area contributed by atoms with Gasteiger partial charge in [0.05, 0.1) is 0 Å². The van der Waals surface area contributed by atoms with Crippen LogP contribution in [0.4, 0.5) is 14.6 Å². The molecule has 0 amide bonds. The number of nitrogens with zero attached hydrogens (tertiary/aromatic N) is 5. The van der Waals surface area contributed by atoms with Gasteiger partial charge in [-0.05, 0) is 50.5 Å². The van der Waals surface area contributed by atoms with Crippen LogP contribution in [-0.4, -0.2) is 26.1 Å². The van der Waals surface area contributed by atoms with Crippen molar-refractivity contribution in [2.75, 3.05) is 11.4 Å². The normalized spacial score (nSPS) is 13.6. The van der Waals surface area contributed by atoms with E-state index in [4.69, 9.17) is 4.98 Å². The second-order valence-corrected chi connectivity index (χ2v) is 8.95. The summed E-state index contributed by atoms with van der Waals surface area (Å²) in [5.74, 6) is 0.654. The Kier molecular flexibility index (Phi) is 5.38. The van der Waals surface area contributed by atoms with Crippen LogP contribution in [0.2, 0.25) is 0 Å². The number of alkyl halides is 2. The minimum atomic E-state index is -2.81. The van der Waals surface area contributed by atoms with E-state index in [0.29, 0.717) is 24.5 Å². The Bertz CT molecular complexity index is 1500. The van der Waals surface area contributed by atoms with Crippen LogP contribution in [-0.2, 0) is 13.0 Å². The van der Waals surface area contributed by atoms with Crippen molar-refractivity contribution in [3.05, 3.63) is 86.1 Å². The maximum Gasteiger partial charge on any atom is 0.280 e. The van der Waals surface area contributed by atoms with E-state index in [1.807, 2.05) is 13.1 Å². The molecule has 0 atom stereocenters. The maximum atomic E-state index is 13.2. The lowest BCUT2D eigenvalue weighted by Gasteiger charge is -2.31. The molecule has 8 heteroatoms. The van der Waals surface area contributed by atoms with Gasteiger partial charge in [0.15, 0.2) is 11.5 Å². The first-order chi connectivity index (χ1) is 16.2. The lowest BCUT2D eigenvalue weighted by Crippen LogP contribution is -2.34. The van der Waals surface area contributed by atoms with Crippen LogP contribution >= 0.6 is 0 Å². The Morgan fingerprint density at radius 1 is 1.03 bits per heavy atom. The van der Waals surface area contributed by atoms with Crippen LogP contribution < -0.4 is 10.5 Å². The zero-order chi connectivity index (χ0) is 24.1. The summed E-state index contributed by atoms with van der Waals surface area (Å²) in [6.45, 7) is 9.14.